The van der Waals surface area contributed by atoms with E-state index in [2.05, 4.69) is 0 Å². The van der Waals surface area contributed by atoms with Crippen molar-refractivity contribution in [3.63, 3.8) is 0 Å². The normalized spacial score (nSPS) is 12.3. The summed E-state index contributed by atoms with van der Waals surface area (Å²) in [6, 6.07) is 10.3. The molecule has 2 aromatic carbocycles. The third kappa shape index (κ3) is 6.75. The maximum absolute atomic E-state index is 12.5. The molecule has 0 fully saturated rings. The van der Waals surface area contributed by atoms with Gasteiger partial charge in [0.05, 0.1) is 55.9 Å². The Morgan fingerprint density at radius 3 is 1.24 bits per heavy atom. The van der Waals surface area contributed by atoms with Gasteiger partial charge in [0, 0.05) is 0 Å². The van der Waals surface area contributed by atoms with E-state index in [1.54, 1.807) is 36.4 Å². The molecule has 10 heteroatoms. The second-order valence-corrected chi connectivity index (χ2v) is 6.89. The van der Waals surface area contributed by atoms with Gasteiger partial charge in [-0.05, 0) is 35.4 Å². The average molecular weight is 478 g/mol. The number of hydrogen-bond acceptors (Lipinski definition) is 10. The predicted molar refractivity (Wildman–Crippen MR) is 120 cm³/mol. The summed E-state index contributed by atoms with van der Waals surface area (Å²) < 4.78 is 42.2. The highest BCUT2D eigenvalue weighted by Gasteiger charge is 2.38. The van der Waals surface area contributed by atoms with Crippen LogP contribution in [0.25, 0.3) is 0 Å². The third-order valence-corrected chi connectivity index (χ3v) is 4.90. The van der Waals surface area contributed by atoms with E-state index in [4.69, 9.17) is 37.9 Å². The van der Waals surface area contributed by atoms with Crippen LogP contribution < -0.4 is 18.9 Å². The fraction of sp³-hybridized carbons (Fsp3) is 0.417. The average Bonchev–Trinajstić information content (AvgIpc) is 2.88. The molecule has 2 atom stereocenters. The molecule has 0 radical (unpaired) electrons. The molecule has 0 amide bonds. The fourth-order valence-corrected chi connectivity index (χ4v) is 3.10. The maximum Gasteiger partial charge on any atom is 0.338 e. The second kappa shape index (κ2) is 13.3. The maximum atomic E-state index is 12.5. The number of benzene rings is 2. The van der Waals surface area contributed by atoms with Gasteiger partial charge in [0.1, 0.15) is 0 Å². The first kappa shape index (κ1) is 26.7. The zero-order valence-electron chi connectivity index (χ0n) is 20.1. The van der Waals surface area contributed by atoms with Crippen LogP contribution in [0.5, 0.6) is 23.0 Å². The molecule has 0 bridgehead atoms. The van der Waals surface area contributed by atoms with Gasteiger partial charge in [0.2, 0.25) is 0 Å². The zero-order valence-corrected chi connectivity index (χ0v) is 20.1. The highest BCUT2D eigenvalue weighted by molar-refractivity contribution is 5.85. The first-order valence-corrected chi connectivity index (χ1v) is 10.2. The molecule has 0 spiro atoms. The lowest BCUT2D eigenvalue weighted by Gasteiger charge is -2.24. The Balaban J connectivity index is 2.22. The Morgan fingerprint density at radius 2 is 0.941 bits per heavy atom. The van der Waals surface area contributed by atoms with Crippen LogP contribution in [-0.2, 0) is 41.8 Å². The number of rotatable bonds is 13. The Morgan fingerprint density at radius 1 is 0.588 bits per heavy atom. The third-order valence-electron chi connectivity index (χ3n) is 4.90. The van der Waals surface area contributed by atoms with Crippen LogP contribution in [0, 0.1) is 0 Å². The minimum atomic E-state index is -1.38. The van der Waals surface area contributed by atoms with E-state index in [-0.39, 0.29) is 13.2 Å². The molecule has 0 aliphatic rings. The van der Waals surface area contributed by atoms with Gasteiger partial charge < -0.3 is 37.9 Å². The number of carbonyl (C=O) groups excluding carboxylic acids is 2. The molecule has 186 valence electrons. The van der Waals surface area contributed by atoms with E-state index in [0.717, 1.165) is 0 Å². The SMILES string of the molecule is COC(=O)[C@@H](OCc1ccc(OC)c(OC)c1)[C@H](OCc1ccc(OC)c(OC)c1)C(=O)OC. The summed E-state index contributed by atoms with van der Waals surface area (Å²) >= 11 is 0. The highest BCUT2D eigenvalue weighted by atomic mass is 16.6. The number of carbonyl (C=O) groups is 2. The molecule has 0 heterocycles. The Labute approximate surface area is 198 Å². The van der Waals surface area contributed by atoms with Crippen LogP contribution in [0.3, 0.4) is 0 Å². The van der Waals surface area contributed by atoms with Crippen molar-refractivity contribution in [1.82, 2.24) is 0 Å². The molecule has 0 aromatic heterocycles. The quantitative estimate of drug-likeness (QED) is 0.399. The first-order valence-electron chi connectivity index (χ1n) is 10.2. The van der Waals surface area contributed by atoms with E-state index in [9.17, 15) is 9.59 Å². The zero-order chi connectivity index (χ0) is 25.1. The summed E-state index contributed by atoms with van der Waals surface area (Å²) in [5.74, 6) is 0.495. The smallest absolute Gasteiger partial charge is 0.338 e. The minimum absolute atomic E-state index is 0.0344. The minimum Gasteiger partial charge on any atom is -0.493 e. The number of ether oxygens (including phenoxy) is 8. The van der Waals surface area contributed by atoms with Gasteiger partial charge in [0.25, 0.3) is 0 Å². The van der Waals surface area contributed by atoms with Crippen LogP contribution in [0.4, 0.5) is 0 Å². The largest absolute Gasteiger partial charge is 0.493 e. The van der Waals surface area contributed by atoms with Crippen molar-refractivity contribution in [2.75, 3.05) is 42.7 Å². The molecular formula is C24H30O10. The molecular weight excluding hydrogens is 448 g/mol. The van der Waals surface area contributed by atoms with Crippen LogP contribution in [-0.4, -0.2) is 66.8 Å². The van der Waals surface area contributed by atoms with Crippen molar-refractivity contribution in [2.24, 2.45) is 0 Å². The Hall–Kier alpha value is -3.50. The number of methoxy groups -OCH3 is 6. The molecule has 0 aliphatic heterocycles. The van der Waals surface area contributed by atoms with E-state index in [1.165, 1.54) is 42.7 Å². The summed E-state index contributed by atoms with van der Waals surface area (Å²) in [5.41, 5.74) is 1.35. The van der Waals surface area contributed by atoms with Crippen molar-refractivity contribution >= 4 is 11.9 Å². The molecule has 2 rings (SSSR count). The Bertz CT molecular complexity index is 881. The summed E-state index contributed by atoms with van der Waals surface area (Å²) in [6.07, 6.45) is -2.77. The summed E-state index contributed by atoms with van der Waals surface area (Å²) in [6.45, 7) is -0.0688. The van der Waals surface area contributed by atoms with Crippen LogP contribution in [0.1, 0.15) is 11.1 Å². The van der Waals surface area contributed by atoms with E-state index < -0.39 is 24.1 Å². The lowest BCUT2D eigenvalue weighted by molar-refractivity contribution is -0.182. The Kier molecular flexibility index (Phi) is 10.4. The first-order chi connectivity index (χ1) is 16.4. The van der Waals surface area contributed by atoms with Crippen molar-refractivity contribution in [3.05, 3.63) is 47.5 Å². The van der Waals surface area contributed by atoms with Gasteiger partial charge in [-0.15, -0.1) is 0 Å². The van der Waals surface area contributed by atoms with Crippen LogP contribution in [0.2, 0.25) is 0 Å². The number of esters is 2. The fourth-order valence-electron chi connectivity index (χ4n) is 3.10. The molecule has 2 aromatic rings. The van der Waals surface area contributed by atoms with Crippen molar-refractivity contribution in [1.29, 1.82) is 0 Å². The van der Waals surface area contributed by atoms with Gasteiger partial charge in [-0.25, -0.2) is 9.59 Å². The lowest BCUT2D eigenvalue weighted by atomic mass is 10.1. The molecule has 0 saturated carbocycles. The van der Waals surface area contributed by atoms with Crippen molar-refractivity contribution < 1.29 is 47.5 Å². The van der Waals surface area contributed by atoms with Gasteiger partial charge in [-0.3, -0.25) is 0 Å². The van der Waals surface area contributed by atoms with Crippen LogP contribution in [0.15, 0.2) is 36.4 Å². The summed E-state index contributed by atoms with van der Waals surface area (Å²) in [7, 11) is 8.45. The van der Waals surface area contributed by atoms with Gasteiger partial charge in [-0.1, -0.05) is 12.1 Å². The van der Waals surface area contributed by atoms with E-state index >= 15 is 0 Å². The molecule has 0 saturated heterocycles. The molecule has 0 aliphatic carbocycles. The molecule has 0 unspecified atom stereocenters. The lowest BCUT2D eigenvalue weighted by Crippen LogP contribution is -2.44. The molecule has 34 heavy (non-hydrogen) atoms. The van der Waals surface area contributed by atoms with Crippen molar-refractivity contribution in [3.8, 4) is 23.0 Å². The summed E-state index contributed by atoms with van der Waals surface area (Å²) in [5, 5.41) is 0. The summed E-state index contributed by atoms with van der Waals surface area (Å²) in [4.78, 5) is 25.0. The number of hydrogen-bond donors (Lipinski definition) is 0. The highest BCUT2D eigenvalue weighted by Crippen LogP contribution is 2.29. The van der Waals surface area contributed by atoms with E-state index in [1.807, 2.05) is 0 Å². The van der Waals surface area contributed by atoms with Gasteiger partial charge >= 0.3 is 11.9 Å². The van der Waals surface area contributed by atoms with Crippen molar-refractivity contribution in [2.45, 2.75) is 25.4 Å². The molecule has 0 N–H and O–H groups in total. The topological polar surface area (TPSA) is 108 Å². The molecule has 10 nitrogen and oxygen atoms in total. The monoisotopic (exact) mass is 478 g/mol. The van der Waals surface area contributed by atoms with Gasteiger partial charge in [0.15, 0.2) is 35.2 Å². The van der Waals surface area contributed by atoms with Crippen LogP contribution >= 0.6 is 0 Å². The predicted octanol–water partition coefficient (Wildman–Crippen LogP) is 2.54. The standard InChI is InChI=1S/C24H30O10/c1-27-17-9-7-15(11-19(17)29-3)13-33-21(23(25)31-5)22(24(26)32-6)34-14-16-8-10-18(28-2)20(12-16)30-4/h7-12,21-22H,13-14H2,1-6H3/t21-,22-/m0/s1. The second-order valence-electron chi connectivity index (χ2n) is 6.89. The van der Waals surface area contributed by atoms with Gasteiger partial charge in [-0.2, -0.15) is 0 Å². The van der Waals surface area contributed by atoms with E-state index in [0.29, 0.717) is 34.1 Å².